The number of anilines is 2. The molecule has 0 amide bonds. The molecule has 0 bridgehead atoms. The van der Waals surface area contributed by atoms with Gasteiger partial charge in [0.2, 0.25) is 0 Å². The Hall–Kier alpha value is -5.57. The van der Waals surface area contributed by atoms with Crippen LogP contribution in [0.15, 0.2) is 216 Å². The van der Waals surface area contributed by atoms with Gasteiger partial charge < -0.3 is 4.90 Å². The van der Waals surface area contributed by atoms with E-state index in [1.807, 2.05) is 33.8 Å². The van der Waals surface area contributed by atoms with Crippen LogP contribution in [0.5, 0.6) is 0 Å². The number of thioether (sulfide) groups is 1. The first kappa shape index (κ1) is 41.6. The lowest BCUT2D eigenvalue weighted by molar-refractivity contribution is 0.720. The van der Waals surface area contributed by atoms with Gasteiger partial charge in [-0.25, -0.2) is 0 Å². The summed E-state index contributed by atoms with van der Waals surface area (Å²) in [5, 5.41) is 0. The summed E-state index contributed by atoms with van der Waals surface area (Å²) >= 11 is 1.79. The second-order valence-electron chi connectivity index (χ2n) is 13.1. The monoisotopic (exact) mass is 751 g/mol. The molecule has 1 atom stereocenters. The SMILES string of the molecule is C=C/C=C\C(=C/C)C1CC=CC=C1C1=CC=C(N(c2ccc(-c3ccccc3)cc2)c2ccc(-c3ccccc3SC)cc2-c2ccccc2)CC1.CC.CC. The number of rotatable bonds is 11. The van der Waals surface area contributed by atoms with Crippen molar-refractivity contribution in [1.29, 1.82) is 0 Å². The largest absolute Gasteiger partial charge is 0.314 e. The first-order valence-corrected chi connectivity index (χ1v) is 21.4. The third-order valence-corrected chi connectivity index (χ3v) is 10.9. The van der Waals surface area contributed by atoms with Crippen LogP contribution in [0.2, 0.25) is 0 Å². The molecule has 56 heavy (non-hydrogen) atoms. The summed E-state index contributed by atoms with van der Waals surface area (Å²) in [6, 6.07) is 46.3. The summed E-state index contributed by atoms with van der Waals surface area (Å²) in [6.07, 6.45) is 25.0. The third-order valence-electron chi connectivity index (χ3n) is 10.1. The van der Waals surface area contributed by atoms with Gasteiger partial charge in [-0.05, 0) is 113 Å². The van der Waals surface area contributed by atoms with Crippen molar-refractivity contribution in [2.75, 3.05) is 11.2 Å². The molecule has 2 aliphatic carbocycles. The van der Waals surface area contributed by atoms with Crippen molar-refractivity contribution in [3.8, 4) is 33.4 Å². The van der Waals surface area contributed by atoms with Crippen LogP contribution in [-0.2, 0) is 0 Å². The Labute approximate surface area is 341 Å². The summed E-state index contributed by atoms with van der Waals surface area (Å²) in [7, 11) is 0. The molecule has 2 heteroatoms. The average Bonchev–Trinajstić information content (AvgIpc) is 3.29. The van der Waals surface area contributed by atoms with Crippen molar-refractivity contribution in [3.63, 3.8) is 0 Å². The molecule has 0 heterocycles. The van der Waals surface area contributed by atoms with E-state index in [9.17, 15) is 0 Å². The lowest BCUT2D eigenvalue weighted by atomic mass is 9.78. The highest BCUT2D eigenvalue weighted by atomic mass is 32.2. The van der Waals surface area contributed by atoms with Crippen LogP contribution in [0.4, 0.5) is 11.4 Å². The minimum Gasteiger partial charge on any atom is -0.314 e. The fourth-order valence-electron chi connectivity index (χ4n) is 7.45. The minimum atomic E-state index is 0.343. The maximum Gasteiger partial charge on any atom is 0.0537 e. The molecule has 284 valence electrons. The summed E-state index contributed by atoms with van der Waals surface area (Å²) in [5.41, 5.74) is 15.1. The Balaban J connectivity index is 0.00000145. The zero-order valence-corrected chi connectivity index (χ0v) is 34.9. The van der Waals surface area contributed by atoms with E-state index >= 15 is 0 Å². The van der Waals surface area contributed by atoms with Gasteiger partial charge in [-0.1, -0.05) is 180 Å². The van der Waals surface area contributed by atoms with E-state index in [0.29, 0.717) is 5.92 Å². The molecule has 0 spiro atoms. The number of benzene rings is 5. The topological polar surface area (TPSA) is 3.24 Å². The second-order valence-corrected chi connectivity index (χ2v) is 14.0. The molecule has 0 aromatic heterocycles. The number of hydrogen-bond donors (Lipinski definition) is 0. The summed E-state index contributed by atoms with van der Waals surface area (Å²) < 4.78 is 0. The van der Waals surface area contributed by atoms with E-state index in [1.165, 1.54) is 66.4 Å². The summed E-state index contributed by atoms with van der Waals surface area (Å²) in [6.45, 7) is 14.0. The normalized spacial score (nSPS) is 15.0. The molecule has 0 N–H and O–H groups in total. The first-order valence-electron chi connectivity index (χ1n) is 20.2. The fraction of sp³-hybridized carbons (Fsp3) is 0.185. The first-order chi connectivity index (χ1) is 27.7. The van der Waals surface area contributed by atoms with Crippen LogP contribution < -0.4 is 4.90 Å². The highest BCUT2D eigenvalue weighted by Crippen LogP contribution is 2.45. The summed E-state index contributed by atoms with van der Waals surface area (Å²) in [5.74, 6) is 0.343. The molecule has 5 aromatic rings. The van der Waals surface area contributed by atoms with Gasteiger partial charge in [-0.2, -0.15) is 0 Å². The Morgan fingerprint density at radius 3 is 1.96 bits per heavy atom. The van der Waals surface area contributed by atoms with E-state index in [1.54, 1.807) is 11.8 Å². The van der Waals surface area contributed by atoms with Crippen LogP contribution in [0.1, 0.15) is 53.9 Å². The number of allylic oxidation sites excluding steroid dienone is 13. The molecule has 0 aliphatic heterocycles. The van der Waals surface area contributed by atoms with Crippen LogP contribution in [-0.4, -0.2) is 6.26 Å². The van der Waals surface area contributed by atoms with Crippen molar-refractivity contribution < 1.29 is 0 Å². The van der Waals surface area contributed by atoms with Crippen molar-refractivity contribution in [2.24, 2.45) is 5.92 Å². The van der Waals surface area contributed by atoms with Gasteiger partial charge in [-0.3, -0.25) is 0 Å². The fourth-order valence-corrected chi connectivity index (χ4v) is 8.07. The van der Waals surface area contributed by atoms with E-state index in [4.69, 9.17) is 0 Å². The number of nitrogens with zero attached hydrogens (tertiary/aromatic N) is 1. The minimum absolute atomic E-state index is 0.343. The molecule has 1 nitrogen and oxygen atoms in total. The Bertz CT molecular complexity index is 2210. The number of hydrogen-bond acceptors (Lipinski definition) is 2. The Morgan fingerprint density at radius 1 is 0.679 bits per heavy atom. The molecular formula is C54H57NS. The van der Waals surface area contributed by atoms with Crippen LogP contribution in [0.3, 0.4) is 0 Å². The average molecular weight is 752 g/mol. The Kier molecular flexibility index (Phi) is 16.0. The summed E-state index contributed by atoms with van der Waals surface area (Å²) in [4.78, 5) is 3.77. The molecule has 0 saturated heterocycles. The molecule has 0 radical (unpaired) electrons. The smallest absolute Gasteiger partial charge is 0.0537 e. The van der Waals surface area contributed by atoms with Gasteiger partial charge in [0.05, 0.1) is 5.69 Å². The lowest BCUT2D eigenvalue weighted by Gasteiger charge is -2.33. The van der Waals surface area contributed by atoms with E-state index in [2.05, 4.69) is 201 Å². The second kappa shape index (κ2) is 21.5. The van der Waals surface area contributed by atoms with Gasteiger partial charge in [0, 0.05) is 27.8 Å². The molecule has 1 unspecified atom stereocenters. The van der Waals surface area contributed by atoms with Crippen molar-refractivity contribution in [3.05, 3.63) is 211 Å². The molecule has 2 aliphatic rings. The van der Waals surface area contributed by atoms with Gasteiger partial charge in [0.15, 0.2) is 0 Å². The van der Waals surface area contributed by atoms with Crippen molar-refractivity contribution >= 4 is 23.1 Å². The predicted octanol–water partition coefficient (Wildman–Crippen LogP) is 16.4. The van der Waals surface area contributed by atoms with Crippen molar-refractivity contribution in [1.82, 2.24) is 0 Å². The van der Waals surface area contributed by atoms with Crippen LogP contribution in [0.25, 0.3) is 33.4 Å². The zero-order chi connectivity index (χ0) is 39.7. The molecule has 0 saturated carbocycles. The molecular weight excluding hydrogens is 695 g/mol. The van der Waals surface area contributed by atoms with Gasteiger partial charge in [-0.15, -0.1) is 11.8 Å². The van der Waals surface area contributed by atoms with Gasteiger partial charge >= 0.3 is 0 Å². The van der Waals surface area contributed by atoms with Gasteiger partial charge in [0.25, 0.3) is 0 Å². The standard InChI is InChI=1S/C50H45NS.2C2H6/c1-4-6-17-37(5-2)45-22-13-14-23-46(45)41-28-33-44(34-29-41)51(43-31-26-39(27-32-43)38-18-9-7-10-19-38)49-35-30-42(47-24-15-16-25-50(47)52-3)36-48(49)40-20-11-8-12-21-40;2*1-2/h4-21,23-28,30-33,35-36,45H,1,22,29,34H2,2-3H3;2*1-2H3/b17-6-,37-5+;;. The quantitative estimate of drug-likeness (QED) is 0.0977. The third kappa shape index (κ3) is 9.80. The van der Waals surface area contributed by atoms with Crippen molar-refractivity contribution in [2.45, 2.75) is 58.8 Å². The Morgan fingerprint density at radius 2 is 1.32 bits per heavy atom. The van der Waals surface area contributed by atoms with E-state index in [0.717, 1.165) is 24.9 Å². The highest BCUT2D eigenvalue weighted by Gasteiger charge is 2.25. The van der Waals surface area contributed by atoms with Crippen LogP contribution >= 0.6 is 11.8 Å². The molecule has 7 rings (SSSR count). The molecule has 0 fully saturated rings. The predicted molar refractivity (Wildman–Crippen MR) is 250 cm³/mol. The van der Waals surface area contributed by atoms with Gasteiger partial charge in [0.1, 0.15) is 0 Å². The van der Waals surface area contributed by atoms with E-state index < -0.39 is 0 Å². The maximum absolute atomic E-state index is 3.90. The maximum atomic E-state index is 3.90. The lowest BCUT2D eigenvalue weighted by Crippen LogP contribution is -2.20. The molecule has 5 aromatic carbocycles. The highest BCUT2D eigenvalue weighted by molar-refractivity contribution is 7.98. The van der Waals surface area contributed by atoms with E-state index in [-0.39, 0.29) is 0 Å². The van der Waals surface area contributed by atoms with Crippen LogP contribution in [0, 0.1) is 5.92 Å². The zero-order valence-electron chi connectivity index (χ0n) is 34.1.